The van der Waals surface area contributed by atoms with Crippen LogP contribution in [0.1, 0.15) is 11.3 Å². The fourth-order valence-electron chi connectivity index (χ4n) is 1.24. The highest BCUT2D eigenvalue weighted by atomic mass is 16.5. The van der Waals surface area contributed by atoms with E-state index >= 15 is 0 Å². The average molecular weight is 175 g/mol. The van der Waals surface area contributed by atoms with E-state index in [0.29, 0.717) is 18.9 Å². The number of hydrogen-bond acceptors (Lipinski definition) is 4. The molecule has 1 saturated heterocycles. The van der Waals surface area contributed by atoms with Gasteiger partial charge in [0.2, 0.25) is 0 Å². The second-order valence-corrected chi connectivity index (χ2v) is 3.19. The van der Waals surface area contributed by atoms with Crippen LogP contribution in [0.25, 0.3) is 0 Å². The highest BCUT2D eigenvalue weighted by Crippen LogP contribution is 2.25. The Bertz CT molecular complexity index is 348. The smallest absolute Gasteiger partial charge is 0.140 e. The van der Waals surface area contributed by atoms with E-state index < -0.39 is 0 Å². The zero-order valence-corrected chi connectivity index (χ0v) is 7.03. The molecule has 66 valence electrons. The monoisotopic (exact) mass is 175 g/mol. The Labute approximate surface area is 76.0 Å². The molecule has 0 spiro atoms. The molecule has 0 saturated carbocycles. The first kappa shape index (κ1) is 8.17. The van der Waals surface area contributed by atoms with Crippen LogP contribution in [0, 0.1) is 11.3 Å². The van der Waals surface area contributed by atoms with Gasteiger partial charge in [-0.15, -0.1) is 0 Å². The fraction of sp³-hybridized carbons (Fsp3) is 0.333. The Morgan fingerprint density at radius 2 is 2.31 bits per heavy atom. The van der Waals surface area contributed by atoms with Crippen molar-refractivity contribution in [3.8, 4) is 6.07 Å². The summed E-state index contributed by atoms with van der Waals surface area (Å²) in [5.74, 6) is 0. The van der Waals surface area contributed by atoms with Gasteiger partial charge in [0.15, 0.2) is 0 Å². The van der Waals surface area contributed by atoms with Crippen molar-refractivity contribution in [3.05, 3.63) is 29.6 Å². The summed E-state index contributed by atoms with van der Waals surface area (Å²) in [5, 5.41) is 8.53. The van der Waals surface area contributed by atoms with E-state index in [1.54, 1.807) is 12.3 Å². The Morgan fingerprint density at radius 1 is 1.54 bits per heavy atom. The molecule has 0 bridgehead atoms. The van der Waals surface area contributed by atoms with Crippen LogP contribution in [0.4, 0.5) is 0 Å². The Hall–Kier alpha value is -1.44. The third-order valence-corrected chi connectivity index (χ3v) is 2.17. The quantitative estimate of drug-likeness (QED) is 0.658. The molecule has 0 aliphatic carbocycles. The van der Waals surface area contributed by atoms with Gasteiger partial charge in [-0.3, -0.25) is 0 Å². The number of pyridine rings is 1. The molecule has 1 aliphatic rings. The maximum Gasteiger partial charge on any atom is 0.140 e. The van der Waals surface area contributed by atoms with Crippen LogP contribution < -0.4 is 5.73 Å². The number of hydrogen-bond donors (Lipinski definition) is 1. The number of aromatic nitrogens is 1. The molecule has 1 aromatic rings. The van der Waals surface area contributed by atoms with Crippen LogP contribution >= 0.6 is 0 Å². The van der Waals surface area contributed by atoms with Gasteiger partial charge in [0.25, 0.3) is 0 Å². The second kappa shape index (κ2) is 2.80. The summed E-state index contributed by atoms with van der Waals surface area (Å²) in [5.41, 5.74) is 6.92. The maximum absolute atomic E-state index is 8.53. The topological polar surface area (TPSA) is 71.9 Å². The van der Waals surface area contributed by atoms with E-state index in [1.807, 2.05) is 12.1 Å². The highest BCUT2D eigenvalue weighted by Gasteiger charge is 2.36. The molecule has 13 heavy (non-hydrogen) atoms. The summed E-state index contributed by atoms with van der Waals surface area (Å²) in [6, 6.07) is 5.45. The van der Waals surface area contributed by atoms with Crippen molar-refractivity contribution < 1.29 is 4.74 Å². The predicted octanol–water partition coefficient (Wildman–Crippen LogP) is 0.137. The number of nitrogens with two attached hydrogens (primary N) is 1. The van der Waals surface area contributed by atoms with Gasteiger partial charge in [0.1, 0.15) is 11.8 Å². The summed E-state index contributed by atoms with van der Waals surface area (Å²) in [4.78, 5) is 3.95. The largest absolute Gasteiger partial charge is 0.377 e. The van der Waals surface area contributed by atoms with Gasteiger partial charge in [-0.25, -0.2) is 4.98 Å². The summed E-state index contributed by atoms with van der Waals surface area (Å²) >= 11 is 0. The lowest BCUT2D eigenvalue weighted by Gasteiger charge is -2.37. The van der Waals surface area contributed by atoms with E-state index in [9.17, 15) is 0 Å². The molecule has 4 heteroatoms. The SMILES string of the molecule is N#Cc1ccc(C2(N)COC2)cn1. The maximum atomic E-state index is 8.53. The lowest BCUT2D eigenvalue weighted by molar-refractivity contribution is -0.0570. The van der Waals surface area contributed by atoms with E-state index in [-0.39, 0.29) is 5.54 Å². The summed E-state index contributed by atoms with van der Waals surface area (Å²) in [7, 11) is 0. The van der Waals surface area contributed by atoms with E-state index in [1.165, 1.54) is 0 Å². The van der Waals surface area contributed by atoms with Gasteiger partial charge in [-0.1, -0.05) is 6.07 Å². The van der Waals surface area contributed by atoms with Gasteiger partial charge >= 0.3 is 0 Å². The molecular formula is C9H9N3O. The average Bonchev–Trinajstić information content (AvgIpc) is 2.14. The minimum atomic E-state index is -0.388. The van der Waals surface area contributed by atoms with Crippen LogP contribution in [0.15, 0.2) is 18.3 Å². The van der Waals surface area contributed by atoms with E-state index in [2.05, 4.69) is 4.98 Å². The lowest BCUT2D eigenvalue weighted by atomic mass is 9.90. The third-order valence-electron chi connectivity index (χ3n) is 2.17. The molecule has 2 heterocycles. The molecule has 0 atom stereocenters. The van der Waals surface area contributed by atoms with Crippen LogP contribution in [-0.2, 0) is 10.3 Å². The van der Waals surface area contributed by atoms with Crippen molar-refractivity contribution in [2.45, 2.75) is 5.54 Å². The molecule has 2 N–H and O–H groups in total. The number of nitrogens with zero attached hydrogens (tertiary/aromatic N) is 2. The second-order valence-electron chi connectivity index (χ2n) is 3.19. The molecule has 0 amide bonds. The first-order chi connectivity index (χ1) is 6.24. The highest BCUT2D eigenvalue weighted by molar-refractivity contribution is 5.28. The van der Waals surface area contributed by atoms with Crippen molar-refractivity contribution in [3.63, 3.8) is 0 Å². The van der Waals surface area contributed by atoms with Crippen molar-refractivity contribution >= 4 is 0 Å². The van der Waals surface area contributed by atoms with Crippen LogP contribution in [0.3, 0.4) is 0 Å². The number of rotatable bonds is 1. The third kappa shape index (κ3) is 1.28. The summed E-state index contributed by atoms with van der Waals surface area (Å²) < 4.78 is 5.03. The lowest BCUT2D eigenvalue weighted by Crippen LogP contribution is -2.54. The Morgan fingerprint density at radius 3 is 2.69 bits per heavy atom. The van der Waals surface area contributed by atoms with Crippen molar-refractivity contribution in [1.82, 2.24) is 4.98 Å². The van der Waals surface area contributed by atoms with Gasteiger partial charge in [-0.05, 0) is 11.6 Å². The Balaban J connectivity index is 2.28. The molecule has 4 nitrogen and oxygen atoms in total. The first-order valence-electron chi connectivity index (χ1n) is 3.98. The fourth-order valence-corrected chi connectivity index (χ4v) is 1.24. The van der Waals surface area contributed by atoms with Crippen molar-refractivity contribution in [2.24, 2.45) is 5.73 Å². The van der Waals surface area contributed by atoms with E-state index in [0.717, 1.165) is 5.56 Å². The molecule has 2 rings (SSSR count). The Kier molecular flexibility index (Phi) is 1.76. The van der Waals surface area contributed by atoms with Gasteiger partial charge < -0.3 is 10.5 Å². The van der Waals surface area contributed by atoms with Crippen molar-refractivity contribution in [1.29, 1.82) is 5.26 Å². The van der Waals surface area contributed by atoms with Gasteiger partial charge in [0, 0.05) is 6.20 Å². The zero-order valence-electron chi connectivity index (χ0n) is 7.03. The molecule has 0 unspecified atom stereocenters. The molecule has 1 fully saturated rings. The van der Waals surface area contributed by atoms with Crippen molar-refractivity contribution in [2.75, 3.05) is 13.2 Å². The summed E-state index contributed by atoms with van der Waals surface area (Å²) in [6.07, 6.45) is 1.64. The molecular weight excluding hydrogens is 166 g/mol. The van der Waals surface area contributed by atoms with Crippen LogP contribution in [-0.4, -0.2) is 18.2 Å². The zero-order chi connectivity index (χ0) is 9.31. The molecule has 1 aromatic heterocycles. The molecule has 1 aliphatic heterocycles. The minimum absolute atomic E-state index is 0.388. The minimum Gasteiger partial charge on any atom is -0.377 e. The van der Waals surface area contributed by atoms with Crippen LogP contribution in [0.2, 0.25) is 0 Å². The predicted molar refractivity (Wildman–Crippen MR) is 45.6 cm³/mol. The normalized spacial score (nSPS) is 18.8. The molecule has 0 radical (unpaired) electrons. The van der Waals surface area contributed by atoms with E-state index in [4.69, 9.17) is 15.7 Å². The van der Waals surface area contributed by atoms with Gasteiger partial charge in [-0.2, -0.15) is 5.26 Å². The number of nitriles is 1. The van der Waals surface area contributed by atoms with Crippen LogP contribution in [0.5, 0.6) is 0 Å². The molecule has 0 aromatic carbocycles. The standard InChI is InChI=1S/C9H9N3O/c10-3-8-2-1-7(4-12-8)9(11)5-13-6-9/h1-2,4H,5-6,11H2. The number of ether oxygens (including phenoxy) is 1. The summed E-state index contributed by atoms with van der Waals surface area (Å²) in [6.45, 7) is 1.06. The van der Waals surface area contributed by atoms with Gasteiger partial charge in [0.05, 0.1) is 18.8 Å². The first-order valence-corrected chi connectivity index (χ1v) is 3.98.